The highest BCUT2D eigenvalue weighted by Gasteiger charge is 2.23. The van der Waals surface area contributed by atoms with E-state index in [0.717, 1.165) is 24.4 Å². The van der Waals surface area contributed by atoms with E-state index in [1.54, 1.807) is 11.1 Å². The number of aromatic nitrogens is 4. The van der Waals surface area contributed by atoms with Gasteiger partial charge in [0.2, 0.25) is 5.82 Å². The Morgan fingerprint density at radius 1 is 1.38 bits per heavy atom. The number of aromatic amines is 1. The van der Waals surface area contributed by atoms with Gasteiger partial charge in [-0.15, -0.1) is 5.10 Å². The van der Waals surface area contributed by atoms with E-state index in [2.05, 4.69) is 27.1 Å². The fourth-order valence-corrected chi connectivity index (χ4v) is 2.02. The summed E-state index contributed by atoms with van der Waals surface area (Å²) in [6, 6.07) is 5.73. The molecule has 0 aromatic carbocycles. The number of pyridine rings is 1. The number of hydrogen-bond acceptors (Lipinski definition) is 4. The summed E-state index contributed by atoms with van der Waals surface area (Å²) < 4.78 is 0. The lowest BCUT2D eigenvalue weighted by atomic mass is 10.2. The van der Waals surface area contributed by atoms with Crippen molar-refractivity contribution in [2.24, 2.45) is 0 Å². The summed E-state index contributed by atoms with van der Waals surface area (Å²) >= 11 is 0. The minimum atomic E-state index is -0.172. The summed E-state index contributed by atoms with van der Waals surface area (Å²) in [5.74, 6) is 0.805. The molecule has 2 heterocycles. The summed E-state index contributed by atoms with van der Waals surface area (Å²) in [6.07, 6.45) is 3.48. The first-order valence-electron chi connectivity index (χ1n) is 7.24. The molecule has 0 aliphatic carbocycles. The monoisotopic (exact) mass is 287 g/mol. The molecule has 0 unspecified atom stereocenters. The molecule has 0 aliphatic rings. The van der Waals surface area contributed by atoms with Crippen LogP contribution in [-0.4, -0.2) is 37.0 Å². The lowest BCUT2D eigenvalue weighted by Gasteiger charge is -2.25. The van der Waals surface area contributed by atoms with Crippen molar-refractivity contribution in [1.29, 1.82) is 0 Å². The zero-order valence-electron chi connectivity index (χ0n) is 12.7. The molecule has 2 rings (SSSR count). The van der Waals surface area contributed by atoms with Crippen LogP contribution in [-0.2, 0) is 13.0 Å². The molecular weight excluding hydrogens is 266 g/mol. The van der Waals surface area contributed by atoms with Crippen LogP contribution in [0.15, 0.2) is 24.4 Å². The van der Waals surface area contributed by atoms with Crippen molar-refractivity contribution in [3.8, 4) is 0 Å². The van der Waals surface area contributed by atoms with Gasteiger partial charge in [0.1, 0.15) is 5.82 Å². The maximum Gasteiger partial charge on any atom is 0.294 e. The van der Waals surface area contributed by atoms with Crippen LogP contribution < -0.4 is 0 Å². The summed E-state index contributed by atoms with van der Waals surface area (Å²) in [7, 11) is 0. The highest BCUT2D eigenvalue weighted by molar-refractivity contribution is 5.90. The number of carbonyl (C=O) groups excluding carboxylic acids is 1. The van der Waals surface area contributed by atoms with Gasteiger partial charge in [0.25, 0.3) is 5.91 Å². The molecule has 21 heavy (non-hydrogen) atoms. The van der Waals surface area contributed by atoms with Gasteiger partial charge < -0.3 is 4.90 Å². The zero-order chi connectivity index (χ0) is 15.2. The summed E-state index contributed by atoms with van der Waals surface area (Å²) in [5, 5.41) is 6.85. The molecule has 0 atom stereocenters. The average Bonchev–Trinajstić information content (AvgIpc) is 2.94. The zero-order valence-corrected chi connectivity index (χ0v) is 12.7. The minimum Gasteiger partial charge on any atom is -0.328 e. The lowest BCUT2D eigenvalue weighted by Crippen LogP contribution is -2.37. The van der Waals surface area contributed by atoms with E-state index in [0.29, 0.717) is 6.54 Å². The van der Waals surface area contributed by atoms with Gasteiger partial charge in [0.05, 0.1) is 12.2 Å². The number of nitrogens with zero attached hydrogens (tertiary/aromatic N) is 4. The fraction of sp³-hybridized carbons (Fsp3) is 0.467. The number of rotatable bonds is 6. The molecule has 1 amide bonds. The molecule has 1 N–H and O–H groups in total. The van der Waals surface area contributed by atoms with Gasteiger partial charge >= 0.3 is 0 Å². The Balaban J connectivity index is 2.15. The average molecular weight is 287 g/mol. The topological polar surface area (TPSA) is 74.8 Å². The second-order valence-corrected chi connectivity index (χ2v) is 5.20. The van der Waals surface area contributed by atoms with Crippen LogP contribution in [0.25, 0.3) is 0 Å². The van der Waals surface area contributed by atoms with Crippen molar-refractivity contribution >= 4 is 5.91 Å². The Labute approximate surface area is 124 Å². The van der Waals surface area contributed by atoms with Gasteiger partial charge in [-0.25, -0.2) is 4.98 Å². The molecular formula is C15H21N5O. The van der Waals surface area contributed by atoms with Crippen LogP contribution in [0.5, 0.6) is 0 Å². The SMILES string of the molecule is CCCc1nc(C(=O)N(Cc2ccccn2)C(C)C)n[nH]1. The number of aryl methyl sites for hydroxylation is 1. The lowest BCUT2D eigenvalue weighted by molar-refractivity contribution is 0.0675. The Hall–Kier alpha value is -2.24. The van der Waals surface area contributed by atoms with Crippen molar-refractivity contribution in [1.82, 2.24) is 25.1 Å². The molecule has 0 aliphatic heterocycles. The van der Waals surface area contributed by atoms with E-state index in [-0.39, 0.29) is 17.8 Å². The summed E-state index contributed by atoms with van der Waals surface area (Å²) in [6.45, 7) is 6.46. The van der Waals surface area contributed by atoms with Crippen LogP contribution in [0.1, 0.15) is 49.3 Å². The van der Waals surface area contributed by atoms with E-state index >= 15 is 0 Å². The number of hydrogen-bond donors (Lipinski definition) is 1. The number of H-pyrrole nitrogens is 1. The van der Waals surface area contributed by atoms with Crippen molar-refractivity contribution in [3.63, 3.8) is 0 Å². The third-order valence-electron chi connectivity index (χ3n) is 3.15. The minimum absolute atomic E-state index is 0.0487. The Morgan fingerprint density at radius 2 is 2.19 bits per heavy atom. The van der Waals surface area contributed by atoms with Gasteiger partial charge in [-0.3, -0.25) is 14.9 Å². The summed E-state index contributed by atoms with van der Waals surface area (Å²) in [5.41, 5.74) is 0.851. The first kappa shape index (κ1) is 15.2. The van der Waals surface area contributed by atoms with Gasteiger partial charge in [-0.05, 0) is 32.4 Å². The van der Waals surface area contributed by atoms with E-state index in [1.807, 2.05) is 32.0 Å². The molecule has 0 radical (unpaired) electrons. The quantitative estimate of drug-likeness (QED) is 0.883. The van der Waals surface area contributed by atoms with Gasteiger partial charge in [-0.1, -0.05) is 13.0 Å². The highest BCUT2D eigenvalue weighted by Crippen LogP contribution is 2.10. The van der Waals surface area contributed by atoms with Crippen LogP contribution in [0.2, 0.25) is 0 Å². The van der Waals surface area contributed by atoms with E-state index in [1.165, 1.54) is 0 Å². The largest absolute Gasteiger partial charge is 0.328 e. The third kappa shape index (κ3) is 3.87. The van der Waals surface area contributed by atoms with Crippen molar-refractivity contribution < 1.29 is 4.79 Å². The standard InChI is InChI=1S/C15H21N5O/c1-4-7-13-17-14(19-18-13)15(21)20(11(2)3)10-12-8-5-6-9-16-12/h5-6,8-9,11H,4,7,10H2,1-3H3,(H,17,18,19). The maximum atomic E-state index is 12.6. The smallest absolute Gasteiger partial charge is 0.294 e. The molecule has 112 valence electrons. The van der Waals surface area contributed by atoms with Crippen LogP contribution in [0, 0.1) is 0 Å². The van der Waals surface area contributed by atoms with Gasteiger partial charge in [0, 0.05) is 18.7 Å². The predicted octanol–water partition coefficient (Wildman–Crippen LogP) is 2.20. The Morgan fingerprint density at radius 3 is 2.81 bits per heavy atom. The van der Waals surface area contributed by atoms with Crippen molar-refractivity contribution in [2.75, 3.05) is 0 Å². The maximum absolute atomic E-state index is 12.6. The predicted molar refractivity (Wildman–Crippen MR) is 79.6 cm³/mol. The first-order chi connectivity index (χ1) is 10.1. The highest BCUT2D eigenvalue weighted by atomic mass is 16.2. The van der Waals surface area contributed by atoms with Gasteiger partial charge in [-0.2, -0.15) is 0 Å². The number of carbonyl (C=O) groups is 1. The van der Waals surface area contributed by atoms with Crippen molar-refractivity contribution in [3.05, 3.63) is 41.7 Å². The Bertz CT molecular complexity index is 579. The second kappa shape index (κ2) is 6.97. The first-order valence-corrected chi connectivity index (χ1v) is 7.24. The van der Waals surface area contributed by atoms with E-state index < -0.39 is 0 Å². The molecule has 6 nitrogen and oxygen atoms in total. The van der Waals surface area contributed by atoms with Crippen LogP contribution >= 0.6 is 0 Å². The molecule has 0 saturated carbocycles. The van der Waals surface area contributed by atoms with Crippen LogP contribution in [0.4, 0.5) is 0 Å². The van der Waals surface area contributed by atoms with Crippen molar-refractivity contribution in [2.45, 2.75) is 46.2 Å². The molecule has 0 bridgehead atoms. The second-order valence-electron chi connectivity index (χ2n) is 5.20. The normalized spacial score (nSPS) is 10.9. The van der Waals surface area contributed by atoms with E-state index in [9.17, 15) is 4.79 Å². The Kier molecular flexibility index (Phi) is 5.03. The fourth-order valence-electron chi connectivity index (χ4n) is 2.02. The molecule has 0 fully saturated rings. The molecule has 2 aromatic rings. The number of nitrogens with one attached hydrogen (secondary N) is 1. The molecule has 0 spiro atoms. The summed E-state index contributed by atoms with van der Waals surface area (Å²) in [4.78, 5) is 22.8. The van der Waals surface area contributed by atoms with Crippen LogP contribution in [0.3, 0.4) is 0 Å². The number of amides is 1. The van der Waals surface area contributed by atoms with Gasteiger partial charge in [0.15, 0.2) is 0 Å². The molecule has 0 saturated heterocycles. The third-order valence-corrected chi connectivity index (χ3v) is 3.15. The molecule has 2 aromatic heterocycles. The van der Waals surface area contributed by atoms with E-state index in [4.69, 9.17) is 0 Å². The molecule has 6 heteroatoms.